The average Bonchev–Trinajstić information content (AvgIpc) is 2.50. The van der Waals surface area contributed by atoms with Gasteiger partial charge in [0.25, 0.3) is 0 Å². The van der Waals surface area contributed by atoms with E-state index in [9.17, 15) is 8.78 Å². The minimum atomic E-state index is -0.617. The van der Waals surface area contributed by atoms with E-state index in [1.54, 1.807) is 6.92 Å². The van der Waals surface area contributed by atoms with Crippen LogP contribution in [0.5, 0.6) is 0 Å². The first-order valence-corrected chi connectivity index (χ1v) is 6.76. The summed E-state index contributed by atoms with van der Waals surface area (Å²) in [5, 5.41) is 2.15. The lowest BCUT2D eigenvalue weighted by molar-refractivity contribution is 0.561. The molecule has 0 saturated carbocycles. The van der Waals surface area contributed by atoms with Gasteiger partial charge in [-0.05, 0) is 41.0 Å². The van der Waals surface area contributed by atoms with Crippen molar-refractivity contribution in [1.29, 1.82) is 0 Å². The van der Waals surface area contributed by atoms with E-state index >= 15 is 0 Å². The van der Waals surface area contributed by atoms with Crippen LogP contribution in [0.4, 0.5) is 8.78 Å². The first-order chi connectivity index (χ1) is 10.1. The highest BCUT2D eigenvalue weighted by molar-refractivity contribution is 5.83. The van der Waals surface area contributed by atoms with Crippen LogP contribution in [0, 0.1) is 18.6 Å². The number of nitrogens with two attached hydrogens (primary N) is 1. The minimum Gasteiger partial charge on any atom is -0.320 e. The second-order valence-electron chi connectivity index (χ2n) is 5.21. The molecule has 21 heavy (non-hydrogen) atoms. The van der Waals surface area contributed by atoms with Crippen molar-refractivity contribution < 1.29 is 8.78 Å². The van der Waals surface area contributed by atoms with Crippen LogP contribution >= 0.6 is 0 Å². The second-order valence-corrected chi connectivity index (χ2v) is 5.21. The Balaban J connectivity index is 2.07. The van der Waals surface area contributed by atoms with Crippen LogP contribution in [0.2, 0.25) is 0 Å². The van der Waals surface area contributed by atoms with Gasteiger partial charge in [0, 0.05) is 11.6 Å². The Morgan fingerprint density at radius 3 is 2.33 bits per heavy atom. The predicted octanol–water partition coefficient (Wildman–Crippen LogP) is 4.47. The van der Waals surface area contributed by atoms with Crippen molar-refractivity contribution in [2.75, 3.05) is 0 Å². The molecule has 106 valence electrons. The van der Waals surface area contributed by atoms with E-state index in [2.05, 4.69) is 0 Å². The zero-order chi connectivity index (χ0) is 15.0. The molecule has 0 aliphatic heterocycles. The number of hydrogen-bond donors (Lipinski definition) is 1. The van der Waals surface area contributed by atoms with Gasteiger partial charge in [0.15, 0.2) is 0 Å². The van der Waals surface area contributed by atoms with Crippen molar-refractivity contribution in [3.05, 3.63) is 82.9 Å². The van der Waals surface area contributed by atoms with Crippen LogP contribution in [-0.2, 0) is 0 Å². The van der Waals surface area contributed by atoms with Crippen LogP contribution in [-0.4, -0.2) is 0 Å². The first kappa shape index (κ1) is 13.7. The summed E-state index contributed by atoms with van der Waals surface area (Å²) in [5.74, 6) is -1.17. The normalized spacial score (nSPS) is 12.6. The maximum atomic E-state index is 14.0. The fraction of sp³-hybridized carbons (Fsp3) is 0.111. The Bertz CT molecular complexity index is 811. The lowest BCUT2D eigenvalue weighted by Gasteiger charge is -2.15. The van der Waals surface area contributed by atoms with Crippen molar-refractivity contribution in [2.45, 2.75) is 13.0 Å². The molecule has 0 fully saturated rings. The van der Waals surface area contributed by atoms with Crippen LogP contribution in [0.1, 0.15) is 22.7 Å². The molecule has 0 heterocycles. The van der Waals surface area contributed by atoms with Gasteiger partial charge in [-0.2, -0.15) is 0 Å². The van der Waals surface area contributed by atoms with E-state index in [0.29, 0.717) is 11.1 Å². The maximum absolute atomic E-state index is 14.0. The molecule has 2 N–H and O–H groups in total. The molecule has 1 nitrogen and oxygen atoms in total. The van der Waals surface area contributed by atoms with Gasteiger partial charge in [-0.25, -0.2) is 8.78 Å². The molecule has 3 heteroatoms. The summed E-state index contributed by atoms with van der Waals surface area (Å²) in [4.78, 5) is 0. The van der Waals surface area contributed by atoms with Gasteiger partial charge in [-0.15, -0.1) is 0 Å². The minimum absolute atomic E-state index is 0.309. The summed E-state index contributed by atoms with van der Waals surface area (Å²) in [6, 6.07) is 15.4. The Morgan fingerprint density at radius 1 is 0.857 bits per heavy atom. The number of fused-ring (bicyclic) bond motifs is 1. The summed E-state index contributed by atoms with van der Waals surface area (Å²) >= 11 is 0. The number of hydrogen-bond acceptors (Lipinski definition) is 1. The van der Waals surface area contributed by atoms with Gasteiger partial charge < -0.3 is 5.73 Å². The number of benzene rings is 3. The van der Waals surface area contributed by atoms with Crippen molar-refractivity contribution in [3.63, 3.8) is 0 Å². The smallest absolute Gasteiger partial charge is 0.131 e. The average molecular weight is 283 g/mol. The van der Waals surface area contributed by atoms with Gasteiger partial charge >= 0.3 is 0 Å². The first-order valence-electron chi connectivity index (χ1n) is 6.76. The van der Waals surface area contributed by atoms with Crippen molar-refractivity contribution in [3.8, 4) is 0 Å². The summed E-state index contributed by atoms with van der Waals surface area (Å²) in [6.07, 6.45) is 0. The molecule has 0 amide bonds. The van der Waals surface area contributed by atoms with Crippen LogP contribution in [0.15, 0.2) is 54.6 Å². The quantitative estimate of drug-likeness (QED) is 0.737. The number of rotatable bonds is 2. The molecule has 0 spiro atoms. The number of halogens is 2. The monoisotopic (exact) mass is 283 g/mol. The molecule has 0 aromatic heterocycles. The largest absolute Gasteiger partial charge is 0.320 e. The summed E-state index contributed by atoms with van der Waals surface area (Å²) in [5.41, 5.74) is 7.67. The molecule has 0 bridgehead atoms. The second kappa shape index (κ2) is 5.26. The van der Waals surface area contributed by atoms with Crippen molar-refractivity contribution >= 4 is 10.8 Å². The van der Waals surface area contributed by atoms with E-state index in [-0.39, 0.29) is 0 Å². The Hall–Kier alpha value is -2.26. The summed E-state index contributed by atoms with van der Waals surface area (Å²) in [7, 11) is 0. The fourth-order valence-electron chi connectivity index (χ4n) is 2.50. The van der Waals surface area contributed by atoms with Gasteiger partial charge in [0.05, 0.1) is 6.04 Å². The molecule has 3 rings (SSSR count). The van der Waals surface area contributed by atoms with Crippen LogP contribution in [0.25, 0.3) is 10.8 Å². The summed E-state index contributed by atoms with van der Waals surface area (Å²) in [6.45, 7) is 1.60. The lowest BCUT2D eigenvalue weighted by atomic mass is 9.95. The molecule has 0 saturated heterocycles. The SMILES string of the molecule is Cc1cc(C(N)c2ccc3ccccc3c2)c(F)cc1F. The molecule has 1 atom stereocenters. The van der Waals surface area contributed by atoms with E-state index in [1.165, 1.54) is 6.07 Å². The Labute approximate surface area is 122 Å². The highest BCUT2D eigenvalue weighted by atomic mass is 19.1. The Kier molecular flexibility index (Phi) is 3.43. The number of aryl methyl sites for hydroxylation is 1. The fourth-order valence-corrected chi connectivity index (χ4v) is 2.50. The molecule has 0 aliphatic carbocycles. The molecule has 0 aliphatic rings. The van der Waals surface area contributed by atoms with Gasteiger partial charge in [-0.3, -0.25) is 0 Å². The highest BCUT2D eigenvalue weighted by Gasteiger charge is 2.16. The lowest BCUT2D eigenvalue weighted by Crippen LogP contribution is -2.14. The molecule has 3 aromatic rings. The molecule has 1 unspecified atom stereocenters. The third-order valence-electron chi connectivity index (χ3n) is 3.75. The maximum Gasteiger partial charge on any atom is 0.131 e. The van der Waals surface area contributed by atoms with E-state index < -0.39 is 17.7 Å². The Morgan fingerprint density at radius 2 is 1.57 bits per heavy atom. The van der Waals surface area contributed by atoms with Gasteiger partial charge in [0.2, 0.25) is 0 Å². The molecular formula is C18H15F2N. The zero-order valence-electron chi connectivity index (χ0n) is 11.6. The van der Waals surface area contributed by atoms with E-state index in [0.717, 1.165) is 22.4 Å². The van der Waals surface area contributed by atoms with Crippen LogP contribution in [0.3, 0.4) is 0 Å². The predicted molar refractivity (Wildman–Crippen MR) is 81.1 cm³/mol. The van der Waals surface area contributed by atoms with E-state index in [4.69, 9.17) is 5.73 Å². The summed E-state index contributed by atoms with van der Waals surface area (Å²) < 4.78 is 27.3. The molecular weight excluding hydrogens is 268 g/mol. The highest BCUT2D eigenvalue weighted by Crippen LogP contribution is 2.27. The molecule has 3 aromatic carbocycles. The molecule has 0 radical (unpaired) electrons. The zero-order valence-corrected chi connectivity index (χ0v) is 11.6. The third-order valence-corrected chi connectivity index (χ3v) is 3.75. The third kappa shape index (κ3) is 2.52. The standard InChI is InChI=1S/C18H15F2N/c1-11-8-15(17(20)10-16(11)19)18(21)14-7-6-12-4-2-3-5-13(12)9-14/h2-10,18H,21H2,1H3. The van der Waals surface area contributed by atoms with Crippen molar-refractivity contribution in [2.24, 2.45) is 5.73 Å². The van der Waals surface area contributed by atoms with Crippen LogP contribution < -0.4 is 5.73 Å². The van der Waals surface area contributed by atoms with Gasteiger partial charge in [-0.1, -0.05) is 36.4 Å². The van der Waals surface area contributed by atoms with Gasteiger partial charge in [0.1, 0.15) is 11.6 Å². The van der Waals surface area contributed by atoms with Crippen molar-refractivity contribution in [1.82, 2.24) is 0 Å². The van der Waals surface area contributed by atoms with E-state index in [1.807, 2.05) is 42.5 Å². The topological polar surface area (TPSA) is 26.0 Å².